The van der Waals surface area contributed by atoms with Crippen LogP contribution in [0.3, 0.4) is 0 Å². The van der Waals surface area contributed by atoms with Crippen LogP contribution in [0.4, 0.5) is 4.79 Å². The van der Waals surface area contributed by atoms with Gasteiger partial charge in [0.2, 0.25) is 0 Å². The van der Waals surface area contributed by atoms with Crippen molar-refractivity contribution in [2.45, 2.75) is 12.3 Å². The molecule has 0 atom stereocenters. The van der Waals surface area contributed by atoms with Crippen molar-refractivity contribution in [3.05, 3.63) is 95.1 Å². The number of rotatable bonds is 5. The van der Waals surface area contributed by atoms with Gasteiger partial charge in [0, 0.05) is 18.0 Å². The summed E-state index contributed by atoms with van der Waals surface area (Å²) in [5.41, 5.74) is 6.85. The van der Waals surface area contributed by atoms with Gasteiger partial charge in [-0.25, -0.2) is 4.79 Å². The molecule has 0 radical (unpaired) electrons. The van der Waals surface area contributed by atoms with E-state index in [-0.39, 0.29) is 12.0 Å². The quantitative estimate of drug-likeness (QED) is 0.661. The van der Waals surface area contributed by atoms with Crippen LogP contribution in [-0.2, 0) is 11.2 Å². The Bertz CT molecular complexity index is 985. The number of carbonyl (C=O) groups excluding carboxylic acids is 1. The van der Waals surface area contributed by atoms with Crippen molar-refractivity contribution in [1.29, 1.82) is 0 Å². The Morgan fingerprint density at radius 3 is 2.14 bits per heavy atom. The Hall–Kier alpha value is -3.51. The van der Waals surface area contributed by atoms with Crippen LogP contribution in [-0.4, -0.2) is 19.2 Å². The minimum Gasteiger partial charge on any atom is -0.449 e. The highest BCUT2D eigenvalue weighted by atomic mass is 16.5. The molecule has 0 unspecified atom stereocenters. The summed E-state index contributed by atoms with van der Waals surface area (Å²) in [5, 5.41) is 2.83. The topological polar surface area (TPSA) is 38.3 Å². The normalized spacial score (nSPS) is 12.0. The summed E-state index contributed by atoms with van der Waals surface area (Å²) in [6, 6.07) is 24.4. The van der Waals surface area contributed by atoms with Gasteiger partial charge in [-0.1, -0.05) is 66.6 Å². The van der Waals surface area contributed by atoms with Crippen LogP contribution in [0.1, 0.15) is 28.2 Å². The fourth-order valence-electron chi connectivity index (χ4n) is 3.73. The standard InChI is InChI=1S/C25H21NO2/c1-2-18-11-13-19(14-12-18)15-16-26-25(27)28-17-24-22-9-5-3-7-20(22)21-8-4-6-10-23(21)24/h1,3-14,24H,15-17H2,(H,26,27). The summed E-state index contributed by atoms with van der Waals surface area (Å²) < 4.78 is 5.54. The Kier molecular flexibility index (Phi) is 5.12. The lowest BCUT2D eigenvalue weighted by Gasteiger charge is -2.14. The van der Waals surface area contributed by atoms with Crippen molar-refractivity contribution in [2.24, 2.45) is 0 Å². The first-order chi connectivity index (χ1) is 13.8. The molecule has 0 bridgehead atoms. The lowest BCUT2D eigenvalue weighted by molar-refractivity contribution is 0.143. The Morgan fingerprint density at radius 2 is 1.54 bits per heavy atom. The van der Waals surface area contributed by atoms with Gasteiger partial charge in [0.05, 0.1) is 0 Å². The number of carbonyl (C=O) groups is 1. The molecule has 1 amide bonds. The Balaban J connectivity index is 1.33. The number of fused-ring (bicyclic) bond motifs is 3. The maximum absolute atomic E-state index is 12.2. The van der Waals surface area contributed by atoms with E-state index in [0.29, 0.717) is 13.2 Å². The van der Waals surface area contributed by atoms with Gasteiger partial charge in [0.1, 0.15) is 6.61 Å². The molecule has 4 rings (SSSR count). The predicted octanol–water partition coefficient (Wildman–Crippen LogP) is 4.75. The molecular weight excluding hydrogens is 346 g/mol. The SMILES string of the molecule is C#Cc1ccc(CCNC(=O)OCC2c3ccccc3-c3ccccc32)cc1. The maximum atomic E-state index is 12.2. The van der Waals surface area contributed by atoms with Crippen molar-refractivity contribution in [3.8, 4) is 23.5 Å². The third-order valence-corrected chi connectivity index (χ3v) is 5.15. The molecule has 3 aromatic rings. The van der Waals surface area contributed by atoms with E-state index >= 15 is 0 Å². The molecule has 28 heavy (non-hydrogen) atoms. The van der Waals surface area contributed by atoms with Gasteiger partial charge in [-0.15, -0.1) is 6.42 Å². The molecule has 1 aliphatic carbocycles. The van der Waals surface area contributed by atoms with Crippen LogP contribution in [0, 0.1) is 12.3 Å². The second-order valence-corrected chi connectivity index (χ2v) is 6.84. The van der Waals surface area contributed by atoms with Crippen LogP contribution in [0.15, 0.2) is 72.8 Å². The van der Waals surface area contributed by atoms with Crippen LogP contribution in [0.25, 0.3) is 11.1 Å². The predicted molar refractivity (Wildman–Crippen MR) is 111 cm³/mol. The van der Waals surface area contributed by atoms with Crippen LogP contribution in [0.5, 0.6) is 0 Å². The van der Waals surface area contributed by atoms with Gasteiger partial charge in [-0.05, 0) is 46.4 Å². The highest BCUT2D eigenvalue weighted by Gasteiger charge is 2.28. The minimum absolute atomic E-state index is 0.0782. The van der Waals surface area contributed by atoms with E-state index in [1.807, 2.05) is 48.5 Å². The molecule has 0 saturated heterocycles. The van der Waals surface area contributed by atoms with Gasteiger partial charge >= 0.3 is 6.09 Å². The molecule has 0 fully saturated rings. The zero-order valence-electron chi connectivity index (χ0n) is 15.5. The number of nitrogens with one attached hydrogen (secondary N) is 1. The van der Waals surface area contributed by atoms with E-state index in [2.05, 4.69) is 35.5 Å². The van der Waals surface area contributed by atoms with Crippen molar-refractivity contribution in [3.63, 3.8) is 0 Å². The fourth-order valence-corrected chi connectivity index (χ4v) is 3.73. The van der Waals surface area contributed by atoms with Crippen molar-refractivity contribution in [2.75, 3.05) is 13.2 Å². The zero-order valence-corrected chi connectivity index (χ0v) is 15.5. The van der Waals surface area contributed by atoms with E-state index in [1.165, 1.54) is 22.3 Å². The Labute approximate surface area is 165 Å². The molecule has 1 N–H and O–H groups in total. The fraction of sp³-hybridized carbons (Fsp3) is 0.160. The van der Waals surface area contributed by atoms with Gasteiger partial charge in [-0.2, -0.15) is 0 Å². The molecule has 0 aliphatic heterocycles. The first kappa shape index (κ1) is 17.9. The molecule has 138 valence electrons. The highest BCUT2D eigenvalue weighted by molar-refractivity contribution is 5.79. The molecule has 3 aromatic carbocycles. The van der Waals surface area contributed by atoms with Gasteiger partial charge in [0.25, 0.3) is 0 Å². The number of amides is 1. The lowest BCUT2D eigenvalue weighted by Crippen LogP contribution is -2.28. The second-order valence-electron chi connectivity index (χ2n) is 6.84. The first-order valence-electron chi connectivity index (χ1n) is 9.40. The van der Waals surface area contributed by atoms with Gasteiger partial charge in [0.15, 0.2) is 0 Å². The number of hydrogen-bond acceptors (Lipinski definition) is 2. The van der Waals surface area contributed by atoms with E-state index < -0.39 is 0 Å². The molecule has 0 heterocycles. The van der Waals surface area contributed by atoms with Crippen molar-refractivity contribution >= 4 is 6.09 Å². The molecule has 1 aliphatic rings. The van der Waals surface area contributed by atoms with Crippen molar-refractivity contribution < 1.29 is 9.53 Å². The average molecular weight is 367 g/mol. The number of benzene rings is 3. The number of terminal acetylenes is 1. The molecule has 0 aromatic heterocycles. The summed E-state index contributed by atoms with van der Waals surface area (Å²) >= 11 is 0. The van der Waals surface area contributed by atoms with Crippen LogP contribution in [0.2, 0.25) is 0 Å². The van der Waals surface area contributed by atoms with E-state index in [9.17, 15) is 4.79 Å². The first-order valence-corrected chi connectivity index (χ1v) is 9.40. The third kappa shape index (κ3) is 3.63. The summed E-state index contributed by atoms with van der Waals surface area (Å²) in [6.07, 6.45) is 5.71. The zero-order chi connectivity index (χ0) is 19.3. The molecule has 3 heteroatoms. The Morgan fingerprint density at radius 1 is 0.929 bits per heavy atom. The largest absolute Gasteiger partial charge is 0.449 e. The second kappa shape index (κ2) is 8.02. The lowest BCUT2D eigenvalue weighted by atomic mass is 9.98. The van der Waals surface area contributed by atoms with Crippen LogP contribution < -0.4 is 5.32 Å². The summed E-state index contributed by atoms with van der Waals surface area (Å²) in [6.45, 7) is 0.850. The van der Waals surface area contributed by atoms with Gasteiger partial charge in [-0.3, -0.25) is 0 Å². The molecule has 3 nitrogen and oxygen atoms in total. The van der Waals surface area contributed by atoms with E-state index in [0.717, 1.165) is 17.5 Å². The number of hydrogen-bond donors (Lipinski definition) is 1. The van der Waals surface area contributed by atoms with E-state index in [4.69, 9.17) is 11.2 Å². The monoisotopic (exact) mass is 367 g/mol. The van der Waals surface area contributed by atoms with Crippen molar-refractivity contribution in [1.82, 2.24) is 5.32 Å². The average Bonchev–Trinajstić information content (AvgIpc) is 3.07. The molecule has 0 saturated carbocycles. The summed E-state index contributed by atoms with van der Waals surface area (Å²) in [4.78, 5) is 12.2. The minimum atomic E-state index is -0.387. The maximum Gasteiger partial charge on any atom is 0.407 e. The molecular formula is C25H21NO2. The molecule has 0 spiro atoms. The number of ether oxygens (including phenoxy) is 1. The summed E-state index contributed by atoms with van der Waals surface area (Å²) in [5.74, 6) is 2.67. The third-order valence-electron chi connectivity index (χ3n) is 5.15. The highest BCUT2D eigenvalue weighted by Crippen LogP contribution is 2.44. The van der Waals surface area contributed by atoms with Crippen LogP contribution >= 0.6 is 0 Å². The van der Waals surface area contributed by atoms with Gasteiger partial charge < -0.3 is 10.1 Å². The smallest absolute Gasteiger partial charge is 0.407 e. The summed E-state index contributed by atoms with van der Waals surface area (Å²) in [7, 11) is 0. The number of alkyl carbamates (subject to hydrolysis) is 1. The van der Waals surface area contributed by atoms with E-state index in [1.54, 1.807) is 0 Å².